The second-order valence-electron chi connectivity index (χ2n) is 12.2. The molecule has 0 aliphatic carbocycles. The fourth-order valence-corrected chi connectivity index (χ4v) is 9.92. The number of hydrogen-bond donors (Lipinski definition) is 1. The van der Waals surface area contributed by atoms with Crippen LogP contribution in [0.15, 0.2) is 98.1 Å². The zero-order chi connectivity index (χ0) is 31.6. The maximum Gasteiger partial charge on any atom is 0.251 e. The maximum absolute atomic E-state index is 14.9. The van der Waals surface area contributed by atoms with Crippen LogP contribution in [-0.4, -0.2) is 70.0 Å². The van der Waals surface area contributed by atoms with Crippen molar-refractivity contribution in [3.8, 4) is 0 Å². The Bertz CT molecular complexity index is 1590. The number of aliphatic hydroxyl groups excluding tert-OH is 1. The van der Waals surface area contributed by atoms with E-state index in [-0.39, 0.29) is 29.6 Å². The molecule has 5 atom stereocenters. The predicted molar refractivity (Wildman–Crippen MR) is 182 cm³/mol. The third-order valence-electron chi connectivity index (χ3n) is 9.64. The summed E-state index contributed by atoms with van der Waals surface area (Å²) in [5.41, 5.74) is 1.54. The molecule has 1 N–H and O–H groups in total. The number of carbonyl (C=O) groups is 3. The van der Waals surface area contributed by atoms with Crippen molar-refractivity contribution in [1.29, 1.82) is 0 Å². The Balaban J connectivity index is 1.39. The lowest BCUT2D eigenvalue weighted by atomic mass is 9.70. The number of hydrogen-bond acceptors (Lipinski definition) is 5. The van der Waals surface area contributed by atoms with E-state index in [0.29, 0.717) is 38.9 Å². The van der Waals surface area contributed by atoms with Gasteiger partial charge in [-0.25, -0.2) is 0 Å². The number of benzene rings is 3. The number of fused-ring (bicyclic) bond motifs is 2. The molecule has 1 spiro atoms. The van der Waals surface area contributed by atoms with Gasteiger partial charge in [-0.1, -0.05) is 60.7 Å². The molecule has 3 aliphatic rings. The van der Waals surface area contributed by atoms with Crippen LogP contribution in [0, 0.1) is 11.8 Å². The smallest absolute Gasteiger partial charge is 0.251 e. The van der Waals surface area contributed by atoms with Gasteiger partial charge in [0.25, 0.3) is 5.91 Å². The summed E-state index contributed by atoms with van der Waals surface area (Å²) in [4.78, 5) is 49.2. The molecule has 3 aromatic carbocycles. The number of likely N-dealkylation sites (tertiary alicyclic amines) is 1. The van der Waals surface area contributed by atoms with Crippen LogP contribution in [0.4, 0.5) is 11.4 Å². The lowest BCUT2D eigenvalue weighted by Crippen LogP contribution is -2.55. The molecule has 6 rings (SSSR count). The average molecular weight is 624 g/mol. The van der Waals surface area contributed by atoms with Crippen molar-refractivity contribution in [3.63, 3.8) is 0 Å². The zero-order valence-electron chi connectivity index (χ0n) is 25.6. The summed E-state index contributed by atoms with van der Waals surface area (Å²) in [5, 5.41) is 11.5. The summed E-state index contributed by atoms with van der Waals surface area (Å²) >= 11 is 1.69. The van der Waals surface area contributed by atoms with Gasteiger partial charge in [0, 0.05) is 42.9 Å². The molecule has 3 heterocycles. The number of amides is 3. The molecule has 3 fully saturated rings. The number of anilines is 2. The Labute approximate surface area is 269 Å². The molecule has 3 aliphatic heterocycles. The van der Waals surface area contributed by atoms with Crippen LogP contribution in [-0.2, 0) is 14.4 Å². The van der Waals surface area contributed by atoms with E-state index in [1.165, 1.54) is 0 Å². The first-order valence-electron chi connectivity index (χ1n) is 15.9. The minimum Gasteiger partial charge on any atom is -0.396 e. The Hall–Kier alpha value is -3.88. The van der Waals surface area contributed by atoms with Crippen LogP contribution < -0.4 is 9.80 Å². The van der Waals surface area contributed by atoms with E-state index in [9.17, 15) is 19.5 Å². The highest BCUT2D eigenvalue weighted by Crippen LogP contribution is 2.67. The number of para-hydroxylation sites is 1. The summed E-state index contributed by atoms with van der Waals surface area (Å²) in [7, 11) is 0. The highest BCUT2D eigenvalue weighted by Gasteiger charge is 2.74. The minimum atomic E-state index is -0.701. The summed E-state index contributed by atoms with van der Waals surface area (Å²) < 4.78 is -0.692. The van der Waals surface area contributed by atoms with Gasteiger partial charge in [-0.2, -0.15) is 0 Å². The van der Waals surface area contributed by atoms with Gasteiger partial charge in [0.15, 0.2) is 0 Å². The second kappa shape index (κ2) is 13.2. The summed E-state index contributed by atoms with van der Waals surface area (Å²) in [6.45, 7) is 8.99. The van der Waals surface area contributed by atoms with Crippen molar-refractivity contribution in [1.82, 2.24) is 4.90 Å². The molecule has 234 valence electrons. The van der Waals surface area contributed by atoms with E-state index < -0.39 is 22.6 Å². The van der Waals surface area contributed by atoms with Crippen molar-refractivity contribution in [2.75, 3.05) is 36.0 Å². The van der Waals surface area contributed by atoms with Gasteiger partial charge >= 0.3 is 0 Å². The van der Waals surface area contributed by atoms with Gasteiger partial charge < -0.3 is 19.8 Å². The highest BCUT2D eigenvalue weighted by molar-refractivity contribution is 8.02. The van der Waals surface area contributed by atoms with E-state index >= 15 is 0 Å². The quantitative estimate of drug-likeness (QED) is 0.191. The van der Waals surface area contributed by atoms with Crippen LogP contribution in [0.2, 0.25) is 0 Å². The van der Waals surface area contributed by atoms with Crippen LogP contribution in [0.1, 0.15) is 32.1 Å². The fourth-order valence-electron chi connectivity index (χ4n) is 7.71. The van der Waals surface area contributed by atoms with E-state index in [1.807, 2.05) is 72.8 Å². The fraction of sp³-hybridized carbons (Fsp3) is 0.378. The summed E-state index contributed by atoms with van der Waals surface area (Å²) in [5.74, 6) is -1.42. The molecule has 2 bridgehead atoms. The standard InChI is InChI=1S/C37H41N3O4S/c1-3-21-38(28-15-7-5-8-16-28)34(42)31-30-19-20-37(45-30)32(31)35(43)40(23-11-6-12-24-41)33(37)36(44)39(22-4-2)29-18-17-26-13-9-10-14-27(26)25-29/h3-5,7-10,13-18,25,30-33,41H,1-2,6,11-12,19-24H2/t30-,31+,32+,33?,37?/m1/s1. The summed E-state index contributed by atoms with van der Waals surface area (Å²) in [6.07, 6.45) is 6.99. The predicted octanol–water partition coefficient (Wildman–Crippen LogP) is 5.83. The van der Waals surface area contributed by atoms with Crippen molar-refractivity contribution in [2.24, 2.45) is 11.8 Å². The van der Waals surface area contributed by atoms with E-state index in [1.54, 1.807) is 38.6 Å². The third-order valence-corrected chi connectivity index (χ3v) is 11.6. The molecule has 8 heteroatoms. The molecule has 3 aromatic rings. The topological polar surface area (TPSA) is 81.2 Å². The normalized spacial score (nSPS) is 24.9. The van der Waals surface area contributed by atoms with Crippen molar-refractivity contribution in [3.05, 3.63) is 98.1 Å². The van der Waals surface area contributed by atoms with Gasteiger partial charge in [-0.05, 0) is 67.1 Å². The molecule has 7 nitrogen and oxygen atoms in total. The molecule has 0 radical (unpaired) electrons. The number of unbranched alkanes of at least 4 members (excludes halogenated alkanes) is 2. The van der Waals surface area contributed by atoms with E-state index in [0.717, 1.165) is 35.0 Å². The first-order chi connectivity index (χ1) is 21.9. The van der Waals surface area contributed by atoms with E-state index in [4.69, 9.17) is 0 Å². The van der Waals surface area contributed by atoms with Crippen molar-refractivity contribution < 1.29 is 19.5 Å². The van der Waals surface area contributed by atoms with E-state index in [2.05, 4.69) is 13.2 Å². The van der Waals surface area contributed by atoms with Gasteiger partial charge in [0.1, 0.15) is 6.04 Å². The molecule has 45 heavy (non-hydrogen) atoms. The Morgan fingerprint density at radius 3 is 2.29 bits per heavy atom. The van der Waals surface area contributed by atoms with Crippen molar-refractivity contribution >= 4 is 51.6 Å². The van der Waals surface area contributed by atoms with Crippen LogP contribution in [0.3, 0.4) is 0 Å². The van der Waals surface area contributed by atoms with Crippen LogP contribution in [0.5, 0.6) is 0 Å². The number of carbonyl (C=O) groups excluding carboxylic acids is 3. The molecular weight excluding hydrogens is 582 g/mol. The molecule has 0 saturated carbocycles. The first-order valence-corrected chi connectivity index (χ1v) is 16.8. The second-order valence-corrected chi connectivity index (χ2v) is 13.8. The summed E-state index contributed by atoms with van der Waals surface area (Å²) in [6, 6.07) is 22.9. The monoisotopic (exact) mass is 623 g/mol. The number of rotatable bonds is 13. The molecule has 2 unspecified atom stereocenters. The maximum atomic E-state index is 14.9. The largest absolute Gasteiger partial charge is 0.396 e. The van der Waals surface area contributed by atoms with Gasteiger partial charge in [-0.3, -0.25) is 14.4 Å². The molecule has 3 amide bonds. The van der Waals surface area contributed by atoms with Gasteiger partial charge in [-0.15, -0.1) is 24.9 Å². The number of nitrogens with zero attached hydrogens (tertiary/aromatic N) is 3. The van der Waals surface area contributed by atoms with Gasteiger partial charge in [0.05, 0.1) is 16.6 Å². The Kier molecular flexibility index (Phi) is 9.15. The SMILES string of the molecule is C=CCN(C(=O)C1N(CCCCCO)C(=O)[C@@H]2[C@@H](C(=O)N(CC=C)c3ccccc3)[C@H]3CCC12S3)c1ccc2ccccc2c1. The third kappa shape index (κ3) is 5.48. The molecular formula is C37H41N3O4S. The number of thioether (sulfide) groups is 1. The lowest BCUT2D eigenvalue weighted by Gasteiger charge is -2.37. The Morgan fingerprint density at radius 1 is 0.889 bits per heavy atom. The Morgan fingerprint density at radius 2 is 1.58 bits per heavy atom. The van der Waals surface area contributed by atoms with Crippen LogP contribution in [0.25, 0.3) is 10.8 Å². The van der Waals surface area contributed by atoms with Gasteiger partial charge in [0.2, 0.25) is 11.8 Å². The number of aliphatic hydroxyl groups is 1. The van der Waals surface area contributed by atoms with Crippen molar-refractivity contribution in [2.45, 2.75) is 48.1 Å². The lowest BCUT2D eigenvalue weighted by molar-refractivity contribution is -0.139. The highest BCUT2D eigenvalue weighted by atomic mass is 32.2. The molecule has 3 saturated heterocycles. The molecule has 0 aromatic heterocycles. The zero-order valence-corrected chi connectivity index (χ0v) is 26.4. The minimum absolute atomic E-state index is 0.0390. The van der Waals surface area contributed by atoms with Crippen LogP contribution >= 0.6 is 11.8 Å². The average Bonchev–Trinajstić information content (AvgIpc) is 3.71. The first kappa shape index (κ1) is 31.1.